The maximum atomic E-state index is 12.1. The Balaban J connectivity index is 2.17. The van der Waals surface area contributed by atoms with Crippen molar-refractivity contribution in [2.45, 2.75) is 17.9 Å². The molecule has 2 aromatic rings. The quantitative estimate of drug-likeness (QED) is 0.793. The van der Waals surface area contributed by atoms with E-state index in [0.717, 1.165) is 0 Å². The van der Waals surface area contributed by atoms with Gasteiger partial charge in [-0.15, -0.1) is 0 Å². The van der Waals surface area contributed by atoms with Crippen molar-refractivity contribution in [2.75, 3.05) is 7.11 Å². The second-order valence-corrected chi connectivity index (χ2v) is 6.62. The van der Waals surface area contributed by atoms with Gasteiger partial charge in [0.25, 0.3) is 0 Å². The average Bonchev–Trinajstić information content (AvgIpc) is 2.55. The molecule has 2 rings (SSSR count). The SMILES string of the molecule is COc1ccccc1Oc1ccc(S(=O)(=O)N[C@@H](C)C(=O)O)cc1. The van der Waals surface area contributed by atoms with Crippen LogP contribution in [-0.2, 0) is 14.8 Å². The van der Waals surface area contributed by atoms with E-state index in [0.29, 0.717) is 17.2 Å². The molecule has 0 bridgehead atoms. The van der Waals surface area contributed by atoms with E-state index in [1.807, 2.05) is 0 Å². The third kappa shape index (κ3) is 4.24. The molecule has 0 spiro atoms. The summed E-state index contributed by atoms with van der Waals surface area (Å²) in [6.45, 7) is 1.25. The van der Waals surface area contributed by atoms with Crippen LogP contribution >= 0.6 is 0 Å². The van der Waals surface area contributed by atoms with E-state index in [1.54, 1.807) is 24.3 Å². The van der Waals surface area contributed by atoms with Gasteiger partial charge in [0.2, 0.25) is 10.0 Å². The summed E-state index contributed by atoms with van der Waals surface area (Å²) in [5.41, 5.74) is 0. The zero-order chi connectivity index (χ0) is 17.7. The van der Waals surface area contributed by atoms with Crippen LogP contribution in [0, 0.1) is 0 Å². The fourth-order valence-corrected chi connectivity index (χ4v) is 3.06. The van der Waals surface area contributed by atoms with Crippen LogP contribution in [0.2, 0.25) is 0 Å². The number of carboxylic acids is 1. The van der Waals surface area contributed by atoms with Gasteiger partial charge >= 0.3 is 5.97 Å². The number of benzene rings is 2. The first-order valence-electron chi connectivity index (χ1n) is 6.99. The van der Waals surface area contributed by atoms with Gasteiger partial charge in [-0.1, -0.05) is 12.1 Å². The third-order valence-electron chi connectivity index (χ3n) is 3.13. The Hall–Kier alpha value is -2.58. The van der Waals surface area contributed by atoms with Crippen LogP contribution in [0.15, 0.2) is 53.4 Å². The third-order valence-corrected chi connectivity index (χ3v) is 4.69. The Morgan fingerprint density at radius 2 is 1.67 bits per heavy atom. The summed E-state index contributed by atoms with van der Waals surface area (Å²) in [5, 5.41) is 8.79. The second kappa shape index (κ2) is 7.33. The lowest BCUT2D eigenvalue weighted by Crippen LogP contribution is -2.38. The smallest absolute Gasteiger partial charge is 0.321 e. The number of hydrogen-bond donors (Lipinski definition) is 2. The summed E-state index contributed by atoms with van der Waals surface area (Å²) in [6.07, 6.45) is 0. The summed E-state index contributed by atoms with van der Waals surface area (Å²) >= 11 is 0. The molecule has 0 radical (unpaired) electrons. The van der Waals surface area contributed by atoms with Crippen molar-refractivity contribution < 1.29 is 27.8 Å². The molecule has 0 saturated carbocycles. The summed E-state index contributed by atoms with van der Waals surface area (Å²) in [6, 6.07) is 11.5. The first kappa shape index (κ1) is 17.8. The Morgan fingerprint density at radius 3 is 2.21 bits per heavy atom. The van der Waals surface area contributed by atoms with Gasteiger partial charge in [0, 0.05) is 0 Å². The second-order valence-electron chi connectivity index (χ2n) is 4.91. The summed E-state index contributed by atoms with van der Waals surface area (Å²) in [5.74, 6) is 0.207. The molecule has 0 aliphatic carbocycles. The summed E-state index contributed by atoms with van der Waals surface area (Å²) < 4.78 is 37.1. The van der Waals surface area contributed by atoms with Crippen molar-refractivity contribution in [2.24, 2.45) is 0 Å². The van der Waals surface area contributed by atoms with Crippen LogP contribution in [-0.4, -0.2) is 32.6 Å². The zero-order valence-corrected chi connectivity index (χ0v) is 13.9. The fourth-order valence-electron chi connectivity index (χ4n) is 1.87. The van der Waals surface area contributed by atoms with Gasteiger partial charge in [-0.25, -0.2) is 8.42 Å². The average molecular weight is 351 g/mol. The van der Waals surface area contributed by atoms with E-state index in [9.17, 15) is 13.2 Å². The van der Waals surface area contributed by atoms with E-state index >= 15 is 0 Å². The minimum Gasteiger partial charge on any atom is -0.493 e. The predicted molar refractivity (Wildman–Crippen MR) is 86.9 cm³/mol. The Bertz CT molecular complexity index is 817. The molecule has 0 amide bonds. The first-order chi connectivity index (χ1) is 11.3. The van der Waals surface area contributed by atoms with Crippen molar-refractivity contribution in [1.29, 1.82) is 0 Å². The monoisotopic (exact) mass is 351 g/mol. The highest BCUT2D eigenvalue weighted by atomic mass is 32.2. The lowest BCUT2D eigenvalue weighted by atomic mass is 10.3. The highest BCUT2D eigenvalue weighted by Gasteiger charge is 2.21. The van der Waals surface area contributed by atoms with Crippen LogP contribution in [0.4, 0.5) is 0 Å². The topological polar surface area (TPSA) is 102 Å². The van der Waals surface area contributed by atoms with Crippen LogP contribution in [0.1, 0.15) is 6.92 Å². The number of rotatable bonds is 7. The number of ether oxygens (including phenoxy) is 2. The van der Waals surface area contributed by atoms with Gasteiger partial charge in [-0.3, -0.25) is 4.79 Å². The molecule has 128 valence electrons. The van der Waals surface area contributed by atoms with E-state index in [4.69, 9.17) is 14.6 Å². The number of para-hydroxylation sites is 2. The highest BCUT2D eigenvalue weighted by molar-refractivity contribution is 7.89. The minimum atomic E-state index is -3.92. The van der Waals surface area contributed by atoms with Gasteiger partial charge in [0.15, 0.2) is 11.5 Å². The molecule has 2 N–H and O–H groups in total. The maximum absolute atomic E-state index is 12.1. The largest absolute Gasteiger partial charge is 0.493 e. The van der Waals surface area contributed by atoms with E-state index in [1.165, 1.54) is 38.3 Å². The number of methoxy groups -OCH3 is 1. The van der Waals surface area contributed by atoms with Crippen LogP contribution in [0.25, 0.3) is 0 Å². The maximum Gasteiger partial charge on any atom is 0.321 e. The van der Waals surface area contributed by atoms with Crippen molar-refractivity contribution in [3.8, 4) is 17.2 Å². The van der Waals surface area contributed by atoms with Crippen LogP contribution < -0.4 is 14.2 Å². The summed E-state index contributed by atoms with van der Waals surface area (Å²) in [4.78, 5) is 10.7. The standard InChI is InChI=1S/C16H17NO6S/c1-11(16(18)19)17-24(20,21)13-9-7-12(8-10-13)23-15-6-4-3-5-14(15)22-2/h3-11,17H,1-2H3,(H,18,19)/t11-/m0/s1. The Morgan fingerprint density at radius 1 is 1.08 bits per heavy atom. The first-order valence-corrected chi connectivity index (χ1v) is 8.48. The molecule has 7 nitrogen and oxygen atoms in total. The van der Waals surface area contributed by atoms with Crippen molar-refractivity contribution in [3.63, 3.8) is 0 Å². The Labute approximate surface area is 139 Å². The van der Waals surface area contributed by atoms with Gasteiger partial charge in [-0.05, 0) is 43.3 Å². The predicted octanol–water partition coefficient (Wildman–Crippen LogP) is 2.24. The molecular formula is C16H17NO6S. The molecule has 0 heterocycles. The Kier molecular flexibility index (Phi) is 5.42. The number of aliphatic carboxylic acids is 1. The number of hydrogen-bond acceptors (Lipinski definition) is 5. The lowest BCUT2D eigenvalue weighted by molar-refractivity contribution is -0.138. The van der Waals surface area contributed by atoms with Gasteiger partial charge in [0.05, 0.1) is 12.0 Å². The lowest BCUT2D eigenvalue weighted by Gasteiger charge is -2.12. The molecule has 2 aromatic carbocycles. The van der Waals surface area contributed by atoms with Crippen LogP contribution in [0.3, 0.4) is 0 Å². The normalized spacial score (nSPS) is 12.4. The number of carboxylic acid groups (broad SMARTS) is 1. The molecule has 8 heteroatoms. The molecule has 1 atom stereocenters. The van der Waals surface area contributed by atoms with Gasteiger partial charge in [0.1, 0.15) is 11.8 Å². The molecule has 0 aromatic heterocycles. The zero-order valence-electron chi connectivity index (χ0n) is 13.1. The van der Waals surface area contributed by atoms with Crippen molar-refractivity contribution in [3.05, 3.63) is 48.5 Å². The molecular weight excluding hydrogens is 334 g/mol. The number of sulfonamides is 1. The van der Waals surface area contributed by atoms with E-state index < -0.39 is 22.0 Å². The molecule has 0 aliphatic heterocycles. The van der Waals surface area contributed by atoms with Crippen LogP contribution in [0.5, 0.6) is 17.2 Å². The van der Waals surface area contributed by atoms with E-state index in [-0.39, 0.29) is 4.90 Å². The molecule has 0 aliphatic rings. The fraction of sp³-hybridized carbons (Fsp3) is 0.188. The minimum absolute atomic E-state index is 0.0528. The van der Waals surface area contributed by atoms with Crippen molar-refractivity contribution >= 4 is 16.0 Å². The molecule has 24 heavy (non-hydrogen) atoms. The molecule has 0 saturated heterocycles. The number of nitrogens with one attached hydrogen (secondary N) is 1. The summed E-state index contributed by atoms with van der Waals surface area (Å²) in [7, 11) is -2.40. The van der Waals surface area contributed by atoms with Crippen molar-refractivity contribution in [1.82, 2.24) is 4.72 Å². The number of carbonyl (C=O) groups is 1. The highest BCUT2D eigenvalue weighted by Crippen LogP contribution is 2.31. The van der Waals surface area contributed by atoms with Gasteiger partial charge in [-0.2, -0.15) is 4.72 Å². The molecule has 0 fully saturated rings. The van der Waals surface area contributed by atoms with E-state index in [2.05, 4.69) is 4.72 Å². The van der Waals surface area contributed by atoms with Gasteiger partial charge < -0.3 is 14.6 Å². The molecule has 0 unspecified atom stereocenters.